The Morgan fingerprint density at radius 3 is 2.72 bits per heavy atom. The fourth-order valence-electron chi connectivity index (χ4n) is 2.88. The molecule has 0 bridgehead atoms. The maximum atomic E-state index is 12.3. The Labute approximate surface area is 116 Å². The van der Waals surface area contributed by atoms with E-state index < -0.39 is 0 Å². The van der Waals surface area contributed by atoms with Crippen LogP contribution in [0.5, 0.6) is 0 Å². The number of carbonyl (C=O) groups excluding carboxylic acids is 1. The molecular formula is C13H25ClN2O2. The van der Waals surface area contributed by atoms with Gasteiger partial charge in [-0.2, -0.15) is 0 Å². The normalized spacial score (nSPS) is 35.9. The van der Waals surface area contributed by atoms with E-state index in [-0.39, 0.29) is 23.9 Å². The molecule has 3 unspecified atom stereocenters. The van der Waals surface area contributed by atoms with Crippen molar-refractivity contribution in [3.8, 4) is 0 Å². The maximum Gasteiger partial charge on any atom is 0.240 e. The molecule has 0 aromatic rings. The standard InChI is InChI=1S/C13H24N2O2.ClH/c1-13(7-3-4-8-14-13)12(16)15-10-5-6-11(9-10)17-2;/h10-11,14H,3-9H2,1-2H3,(H,15,16);1H. The van der Waals surface area contributed by atoms with E-state index in [1.807, 2.05) is 6.92 Å². The minimum Gasteiger partial charge on any atom is -0.381 e. The molecule has 1 aliphatic heterocycles. The summed E-state index contributed by atoms with van der Waals surface area (Å²) in [7, 11) is 1.75. The Kier molecular flexibility index (Phi) is 5.89. The first-order chi connectivity index (χ1) is 8.14. The number of nitrogens with one attached hydrogen (secondary N) is 2. The quantitative estimate of drug-likeness (QED) is 0.824. The minimum absolute atomic E-state index is 0. The van der Waals surface area contributed by atoms with Gasteiger partial charge in [0.2, 0.25) is 5.91 Å². The first-order valence-corrected chi connectivity index (χ1v) is 6.73. The lowest BCUT2D eigenvalue weighted by Crippen LogP contribution is -2.58. The average Bonchev–Trinajstić information content (AvgIpc) is 2.78. The van der Waals surface area contributed by atoms with Gasteiger partial charge in [-0.1, -0.05) is 0 Å². The molecule has 18 heavy (non-hydrogen) atoms. The van der Waals surface area contributed by atoms with Crippen LogP contribution in [0.15, 0.2) is 0 Å². The monoisotopic (exact) mass is 276 g/mol. The fraction of sp³-hybridized carbons (Fsp3) is 0.923. The van der Waals surface area contributed by atoms with E-state index in [1.54, 1.807) is 7.11 Å². The summed E-state index contributed by atoms with van der Waals surface area (Å²) >= 11 is 0. The first kappa shape index (κ1) is 15.7. The average molecular weight is 277 g/mol. The van der Waals surface area contributed by atoms with Gasteiger partial charge in [0.05, 0.1) is 11.6 Å². The molecule has 2 aliphatic rings. The van der Waals surface area contributed by atoms with E-state index in [9.17, 15) is 4.79 Å². The highest BCUT2D eigenvalue weighted by Crippen LogP contribution is 2.24. The van der Waals surface area contributed by atoms with Gasteiger partial charge in [0.1, 0.15) is 0 Å². The van der Waals surface area contributed by atoms with Crippen LogP contribution < -0.4 is 10.6 Å². The van der Waals surface area contributed by atoms with Gasteiger partial charge in [0, 0.05) is 13.2 Å². The molecule has 2 N–H and O–H groups in total. The Hall–Kier alpha value is -0.320. The van der Waals surface area contributed by atoms with Crippen molar-refractivity contribution >= 4 is 18.3 Å². The van der Waals surface area contributed by atoms with Gasteiger partial charge in [-0.05, 0) is 52.0 Å². The summed E-state index contributed by atoms with van der Waals surface area (Å²) < 4.78 is 5.33. The van der Waals surface area contributed by atoms with Crippen molar-refractivity contribution in [2.24, 2.45) is 0 Å². The summed E-state index contributed by atoms with van der Waals surface area (Å²) in [5.41, 5.74) is -0.358. The number of rotatable bonds is 3. The van der Waals surface area contributed by atoms with Gasteiger partial charge in [0.15, 0.2) is 0 Å². The van der Waals surface area contributed by atoms with Crippen molar-refractivity contribution in [2.75, 3.05) is 13.7 Å². The minimum atomic E-state index is -0.358. The molecule has 1 heterocycles. The van der Waals surface area contributed by atoms with Crippen LogP contribution in [0.2, 0.25) is 0 Å². The molecule has 0 aromatic heterocycles. The molecule has 0 aromatic carbocycles. The molecule has 0 spiro atoms. The van der Waals surface area contributed by atoms with Crippen LogP contribution in [-0.4, -0.2) is 37.2 Å². The predicted molar refractivity (Wildman–Crippen MR) is 74.1 cm³/mol. The van der Waals surface area contributed by atoms with E-state index in [4.69, 9.17) is 4.74 Å². The van der Waals surface area contributed by atoms with Gasteiger partial charge in [-0.3, -0.25) is 4.79 Å². The lowest BCUT2D eigenvalue weighted by atomic mass is 9.90. The van der Waals surface area contributed by atoms with E-state index in [1.165, 1.54) is 6.42 Å². The summed E-state index contributed by atoms with van der Waals surface area (Å²) in [6, 6.07) is 0.299. The maximum absolute atomic E-state index is 12.3. The summed E-state index contributed by atoms with van der Waals surface area (Å²) in [4.78, 5) is 12.3. The predicted octanol–water partition coefficient (Wildman–Crippen LogP) is 1.62. The molecule has 106 valence electrons. The third-order valence-corrected chi connectivity index (χ3v) is 4.17. The Balaban J connectivity index is 0.00000162. The van der Waals surface area contributed by atoms with Crippen molar-refractivity contribution in [1.82, 2.24) is 10.6 Å². The highest BCUT2D eigenvalue weighted by molar-refractivity contribution is 5.86. The van der Waals surface area contributed by atoms with Crippen LogP contribution in [0.1, 0.15) is 45.4 Å². The number of amides is 1. The number of methoxy groups -OCH3 is 1. The lowest BCUT2D eigenvalue weighted by Gasteiger charge is -2.34. The van der Waals surface area contributed by atoms with Gasteiger partial charge in [0.25, 0.3) is 0 Å². The lowest BCUT2D eigenvalue weighted by molar-refractivity contribution is -0.128. The van der Waals surface area contributed by atoms with Crippen LogP contribution in [-0.2, 0) is 9.53 Å². The molecule has 3 atom stereocenters. The van der Waals surface area contributed by atoms with Crippen LogP contribution in [0, 0.1) is 0 Å². The number of ether oxygens (including phenoxy) is 1. The van der Waals surface area contributed by atoms with E-state index >= 15 is 0 Å². The Bertz CT molecular complexity index is 280. The van der Waals surface area contributed by atoms with Gasteiger partial charge in [-0.15, -0.1) is 12.4 Å². The third kappa shape index (κ3) is 3.59. The molecule has 1 saturated carbocycles. The van der Waals surface area contributed by atoms with Crippen molar-refractivity contribution in [1.29, 1.82) is 0 Å². The Morgan fingerprint density at radius 2 is 2.17 bits per heavy atom. The van der Waals surface area contributed by atoms with Gasteiger partial charge in [-0.25, -0.2) is 0 Å². The topological polar surface area (TPSA) is 50.4 Å². The van der Waals surface area contributed by atoms with Gasteiger partial charge >= 0.3 is 0 Å². The van der Waals surface area contributed by atoms with E-state index in [0.717, 1.165) is 38.6 Å². The number of hydrogen-bond acceptors (Lipinski definition) is 3. The van der Waals surface area contributed by atoms with E-state index in [2.05, 4.69) is 10.6 Å². The summed E-state index contributed by atoms with van der Waals surface area (Å²) in [6.07, 6.45) is 6.65. The zero-order chi connectivity index (χ0) is 12.3. The molecule has 1 saturated heterocycles. The zero-order valence-corrected chi connectivity index (χ0v) is 12.1. The van der Waals surface area contributed by atoms with Crippen LogP contribution in [0.3, 0.4) is 0 Å². The third-order valence-electron chi connectivity index (χ3n) is 4.17. The van der Waals surface area contributed by atoms with Crippen molar-refractivity contribution in [2.45, 2.75) is 63.1 Å². The second-order valence-electron chi connectivity index (χ2n) is 5.56. The highest BCUT2D eigenvalue weighted by Gasteiger charge is 2.36. The summed E-state index contributed by atoms with van der Waals surface area (Å²) in [5.74, 6) is 0.166. The van der Waals surface area contributed by atoms with Crippen LogP contribution in [0.25, 0.3) is 0 Å². The summed E-state index contributed by atoms with van der Waals surface area (Å²) in [5, 5.41) is 6.52. The second kappa shape index (κ2) is 6.73. The van der Waals surface area contributed by atoms with Crippen molar-refractivity contribution in [3.63, 3.8) is 0 Å². The molecule has 2 rings (SSSR count). The molecule has 2 fully saturated rings. The molecule has 0 radical (unpaired) electrons. The van der Waals surface area contributed by atoms with E-state index in [0.29, 0.717) is 12.1 Å². The molecule has 1 aliphatic carbocycles. The molecule has 5 heteroatoms. The second-order valence-corrected chi connectivity index (χ2v) is 5.56. The van der Waals surface area contributed by atoms with Gasteiger partial charge < -0.3 is 15.4 Å². The largest absolute Gasteiger partial charge is 0.381 e. The SMILES string of the molecule is COC1CCC(NC(=O)C2(C)CCCCN2)C1.Cl. The summed E-state index contributed by atoms with van der Waals surface area (Å²) in [6.45, 7) is 2.97. The van der Waals surface area contributed by atoms with Crippen molar-refractivity contribution in [3.05, 3.63) is 0 Å². The molecular weight excluding hydrogens is 252 g/mol. The highest BCUT2D eigenvalue weighted by atomic mass is 35.5. The van der Waals surface area contributed by atoms with Crippen molar-refractivity contribution < 1.29 is 9.53 Å². The first-order valence-electron chi connectivity index (χ1n) is 6.73. The number of hydrogen-bond donors (Lipinski definition) is 2. The van der Waals surface area contributed by atoms with Crippen LogP contribution >= 0.6 is 12.4 Å². The van der Waals surface area contributed by atoms with Crippen LogP contribution in [0.4, 0.5) is 0 Å². The number of halogens is 1. The molecule has 4 nitrogen and oxygen atoms in total. The smallest absolute Gasteiger partial charge is 0.240 e. The molecule has 1 amide bonds. The number of carbonyl (C=O) groups is 1. The zero-order valence-electron chi connectivity index (χ0n) is 11.3. The fourth-order valence-corrected chi connectivity index (χ4v) is 2.88. The Morgan fingerprint density at radius 1 is 1.39 bits per heavy atom. The number of piperidine rings is 1.